The van der Waals surface area contributed by atoms with Gasteiger partial charge >= 0.3 is 0 Å². The molecular weight excluding hydrogens is 242 g/mol. The summed E-state index contributed by atoms with van der Waals surface area (Å²) in [5.74, 6) is 0. The number of rotatable bonds is 3. The van der Waals surface area contributed by atoms with Crippen molar-refractivity contribution in [2.75, 3.05) is 5.32 Å². The van der Waals surface area contributed by atoms with Crippen LogP contribution < -0.4 is 5.32 Å². The predicted octanol–water partition coefficient (Wildman–Crippen LogP) is 5.21. The number of nitrogens with one attached hydrogen (secondary N) is 1. The van der Waals surface area contributed by atoms with Crippen LogP contribution in [-0.2, 0) is 12.0 Å². The maximum Gasteiger partial charge on any atom is 0.0403 e. The molecule has 0 amide bonds. The third-order valence-corrected chi connectivity index (χ3v) is 3.70. The molecule has 0 aromatic heterocycles. The van der Waals surface area contributed by atoms with Gasteiger partial charge in [-0.15, -0.1) is 0 Å². The van der Waals surface area contributed by atoms with Crippen molar-refractivity contribution in [1.82, 2.24) is 0 Å². The smallest absolute Gasteiger partial charge is 0.0403 e. The molecule has 2 rings (SSSR count). The van der Waals surface area contributed by atoms with E-state index in [0.29, 0.717) is 0 Å². The van der Waals surface area contributed by atoms with Gasteiger partial charge in [0.1, 0.15) is 0 Å². The Hall–Kier alpha value is -1.76. The van der Waals surface area contributed by atoms with Crippen LogP contribution in [0.25, 0.3) is 0 Å². The summed E-state index contributed by atoms with van der Waals surface area (Å²) in [4.78, 5) is 0. The Balaban J connectivity index is 2.19. The van der Waals surface area contributed by atoms with Crippen molar-refractivity contribution in [3.63, 3.8) is 0 Å². The number of para-hydroxylation sites is 1. The fourth-order valence-electron chi connectivity index (χ4n) is 2.53. The van der Waals surface area contributed by atoms with Crippen molar-refractivity contribution < 1.29 is 0 Å². The fourth-order valence-corrected chi connectivity index (χ4v) is 2.53. The van der Waals surface area contributed by atoms with Gasteiger partial charge in [-0.3, -0.25) is 0 Å². The van der Waals surface area contributed by atoms with Crippen molar-refractivity contribution in [3.8, 4) is 0 Å². The van der Waals surface area contributed by atoms with Crippen LogP contribution in [0.4, 0.5) is 5.69 Å². The lowest BCUT2D eigenvalue weighted by molar-refractivity contribution is 0.591. The second kappa shape index (κ2) is 5.70. The van der Waals surface area contributed by atoms with Gasteiger partial charge in [0, 0.05) is 12.2 Å². The van der Waals surface area contributed by atoms with E-state index in [1.807, 2.05) is 0 Å². The molecular formula is C19H25N. The highest BCUT2D eigenvalue weighted by atomic mass is 14.9. The third-order valence-electron chi connectivity index (χ3n) is 3.70. The van der Waals surface area contributed by atoms with Crippen molar-refractivity contribution >= 4 is 5.69 Å². The maximum atomic E-state index is 3.60. The van der Waals surface area contributed by atoms with E-state index in [2.05, 4.69) is 82.4 Å². The van der Waals surface area contributed by atoms with Crippen molar-refractivity contribution in [1.29, 1.82) is 0 Å². The Morgan fingerprint density at radius 2 is 1.65 bits per heavy atom. The van der Waals surface area contributed by atoms with Crippen LogP contribution in [-0.4, -0.2) is 0 Å². The second-order valence-corrected chi connectivity index (χ2v) is 6.58. The molecule has 1 heteroatoms. The number of aryl methyl sites for hydroxylation is 2. The zero-order valence-corrected chi connectivity index (χ0v) is 13.2. The fraction of sp³-hybridized carbons (Fsp3) is 0.368. The Bertz CT molecular complexity index is 591. The molecule has 1 N–H and O–H groups in total. The molecule has 0 fully saturated rings. The Morgan fingerprint density at radius 3 is 2.30 bits per heavy atom. The minimum absolute atomic E-state index is 0.159. The first-order valence-corrected chi connectivity index (χ1v) is 7.27. The van der Waals surface area contributed by atoms with E-state index in [9.17, 15) is 0 Å². The molecule has 0 atom stereocenters. The monoisotopic (exact) mass is 267 g/mol. The quantitative estimate of drug-likeness (QED) is 0.804. The summed E-state index contributed by atoms with van der Waals surface area (Å²) in [6.07, 6.45) is 0. The molecule has 0 saturated carbocycles. The molecule has 2 aromatic carbocycles. The molecule has 0 aliphatic heterocycles. The molecule has 0 saturated heterocycles. The summed E-state index contributed by atoms with van der Waals surface area (Å²) in [6, 6.07) is 15.2. The van der Waals surface area contributed by atoms with Crippen LogP contribution in [0.1, 0.15) is 43.0 Å². The third kappa shape index (κ3) is 3.41. The lowest BCUT2D eigenvalue weighted by Gasteiger charge is -2.23. The SMILES string of the molecule is Cc1ccc(CNc2ccccc2C(C)(C)C)c(C)c1. The second-order valence-electron chi connectivity index (χ2n) is 6.58. The highest BCUT2D eigenvalue weighted by molar-refractivity contribution is 5.54. The minimum Gasteiger partial charge on any atom is -0.381 e. The van der Waals surface area contributed by atoms with E-state index in [1.54, 1.807) is 0 Å². The number of anilines is 1. The van der Waals surface area contributed by atoms with E-state index in [1.165, 1.54) is 27.9 Å². The van der Waals surface area contributed by atoms with Crippen LogP contribution in [0.2, 0.25) is 0 Å². The first-order valence-electron chi connectivity index (χ1n) is 7.27. The summed E-state index contributed by atoms with van der Waals surface area (Å²) in [5.41, 5.74) is 6.79. The normalized spacial score (nSPS) is 11.4. The molecule has 0 unspecified atom stereocenters. The zero-order chi connectivity index (χ0) is 14.8. The Kier molecular flexibility index (Phi) is 4.17. The molecule has 2 aromatic rings. The number of benzene rings is 2. The van der Waals surface area contributed by atoms with Gasteiger partial charge in [-0.25, -0.2) is 0 Å². The van der Waals surface area contributed by atoms with E-state index in [-0.39, 0.29) is 5.41 Å². The van der Waals surface area contributed by atoms with Gasteiger partial charge < -0.3 is 5.32 Å². The van der Waals surface area contributed by atoms with E-state index in [4.69, 9.17) is 0 Å². The largest absolute Gasteiger partial charge is 0.381 e. The topological polar surface area (TPSA) is 12.0 Å². The standard InChI is InChI=1S/C19H25N/c1-14-10-11-16(15(2)12-14)13-20-18-9-7-6-8-17(18)19(3,4)5/h6-12,20H,13H2,1-5H3. The first kappa shape index (κ1) is 14.6. The van der Waals surface area contributed by atoms with Crippen molar-refractivity contribution in [3.05, 3.63) is 64.7 Å². The number of hydrogen-bond acceptors (Lipinski definition) is 1. The summed E-state index contributed by atoms with van der Waals surface area (Å²) < 4.78 is 0. The van der Waals surface area contributed by atoms with Crippen LogP contribution in [0, 0.1) is 13.8 Å². The molecule has 106 valence electrons. The number of hydrogen-bond donors (Lipinski definition) is 1. The lowest BCUT2D eigenvalue weighted by atomic mass is 9.86. The molecule has 1 nitrogen and oxygen atoms in total. The van der Waals surface area contributed by atoms with Crippen LogP contribution in [0.3, 0.4) is 0 Å². The zero-order valence-electron chi connectivity index (χ0n) is 13.2. The molecule has 0 aliphatic rings. The van der Waals surface area contributed by atoms with Gasteiger partial charge in [0.05, 0.1) is 0 Å². The van der Waals surface area contributed by atoms with Crippen LogP contribution in [0.5, 0.6) is 0 Å². The van der Waals surface area contributed by atoms with Gasteiger partial charge in [-0.1, -0.05) is 62.7 Å². The molecule has 0 spiro atoms. The van der Waals surface area contributed by atoms with E-state index >= 15 is 0 Å². The average molecular weight is 267 g/mol. The summed E-state index contributed by atoms with van der Waals surface area (Å²) in [6.45, 7) is 12.0. The first-order chi connectivity index (χ1) is 9.38. The van der Waals surface area contributed by atoms with E-state index < -0.39 is 0 Å². The predicted molar refractivity (Wildman–Crippen MR) is 88.4 cm³/mol. The van der Waals surface area contributed by atoms with Gasteiger partial charge in [0.15, 0.2) is 0 Å². The highest BCUT2D eigenvalue weighted by Gasteiger charge is 2.17. The summed E-state index contributed by atoms with van der Waals surface area (Å²) in [5, 5.41) is 3.60. The summed E-state index contributed by atoms with van der Waals surface area (Å²) >= 11 is 0. The van der Waals surface area contributed by atoms with Gasteiger partial charge in [0.25, 0.3) is 0 Å². The molecule has 0 radical (unpaired) electrons. The summed E-state index contributed by atoms with van der Waals surface area (Å²) in [7, 11) is 0. The minimum atomic E-state index is 0.159. The average Bonchev–Trinajstić information content (AvgIpc) is 2.37. The maximum absolute atomic E-state index is 3.60. The Morgan fingerprint density at radius 1 is 0.950 bits per heavy atom. The molecule has 0 heterocycles. The van der Waals surface area contributed by atoms with Crippen LogP contribution >= 0.6 is 0 Å². The molecule has 20 heavy (non-hydrogen) atoms. The van der Waals surface area contributed by atoms with Gasteiger partial charge in [-0.05, 0) is 42.0 Å². The van der Waals surface area contributed by atoms with Gasteiger partial charge in [-0.2, -0.15) is 0 Å². The lowest BCUT2D eigenvalue weighted by Crippen LogP contribution is -2.15. The molecule has 0 aliphatic carbocycles. The van der Waals surface area contributed by atoms with Crippen molar-refractivity contribution in [2.45, 2.75) is 46.6 Å². The molecule has 0 bridgehead atoms. The van der Waals surface area contributed by atoms with Crippen LogP contribution in [0.15, 0.2) is 42.5 Å². The highest BCUT2D eigenvalue weighted by Crippen LogP contribution is 2.29. The van der Waals surface area contributed by atoms with Crippen molar-refractivity contribution in [2.24, 2.45) is 0 Å². The van der Waals surface area contributed by atoms with E-state index in [0.717, 1.165) is 6.54 Å². The Labute approximate surface area is 123 Å². The van der Waals surface area contributed by atoms with Gasteiger partial charge in [0.2, 0.25) is 0 Å².